The predicted molar refractivity (Wildman–Crippen MR) is 80.4 cm³/mol. The minimum atomic E-state index is -0.251. The molecule has 5 heteroatoms. The molecule has 0 bridgehead atoms. The van der Waals surface area contributed by atoms with E-state index in [1.165, 1.54) is 12.1 Å². The number of nitrogens with one attached hydrogen (secondary N) is 1. The first-order valence-electron chi connectivity index (χ1n) is 7.25. The second kappa shape index (κ2) is 7.33. The number of aryl methyl sites for hydroxylation is 1. The van der Waals surface area contributed by atoms with Crippen molar-refractivity contribution in [1.82, 2.24) is 15.1 Å². The highest BCUT2D eigenvalue weighted by atomic mass is 19.1. The van der Waals surface area contributed by atoms with Gasteiger partial charge >= 0.3 is 0 Å². The number of benzene rings is 1. The number of aliphatic hydroxyl groups excluding tert-OH is 1. The number of aliphatic hydroxyl groups is 1. The fourth-order valence-corrected chi connectivity index (χ4v) is 2.46. The number of hydrogen-bond acceptors (Lipinski definition) is 3. The van der Waals surface area contributed by atoms with Crippen LogP contribution in [0.2, 0.25) is 0 Å². The Hall–Kier alpha value is -1.72. The van der Waals surface area contributed by atoms with Gasteiger partial charge in [0.1, 0.15) is 5.82 Å². The number of aromatic nitrogens is 2. The molecule has 0 saturated heterocycles. The second-order valence-electron chi connectivity index (χ2n) is 5.22. The number of rotatable bonds is 7. The van der Waals surface area contributed by atoms with Gasteiger partial charge in [-0.15, -0.1) is 0 Å². The number of halogens is 1. The molecular weight excluding hydrogens is 269 g/mol. The highest BCUT2D eigenvalue weighted by Crippen LogP contribution is 2.23. The van der Waals surface area contributed by atoms with Gasteiger partial charge in [0, 0.05) is 31.5 Å². The third kappa shape index (κ3) is 4.12. The van der Waals surface area contributed by atoms with E-state index in [4.69, 9.17) is 5.11 Å². The highest BCUT2D eigenvalue weighted by molar-refractivity contribution is 5.29. The summed E-state index contributed by atoms with van der Waals surface area (Å²) in [5, 5.41) is 16.8. The van der Waals surface area contributed by atoms with Gasteiger partial charge in [0.05, 0.1) is 12.2 Å². The maximum absolute atomic E-state index is 13.5. The molecule has 2 aromatic rings. The van der Waals surface area contributed by atoms with Crippen LogP contribution >= 0.6 is 0 Å². The van der Waals surface area contributed by atoms with Crippen molar-refractivity contribution in [3.05, 3.63) is 53.6 Å². The van der Waals surface area contributed by atoms with Crippen molar-refractivity contribution >= 4 is 0 Å². The van der Waals surface area contributed by atoms with E-state index in [-0.39, 0.29) is 24.5 Å². The van der Waals surface area contributed by atoms with Crippen LogP contribution in [0.15, 0.2) is 36.7 Å². The molecule has 0 amide bonds. The Balaban J connectivity index is 2.30. The molecule has 4 nitrogen and oxygen atoms in total. The molecule has 0 radical (unpaired) electrons. The Kier molecular flexibility index (Phi) is 5.47. The number of nitrogens with zero attached hydrogens (tertiary/aromatic N) is 2. The summed E-state index contributed by atoms with van der Waals surface area (Å²) in [4.78, 5) is 0. The molecule has 0 fully saturated rings. The van der Waals surface area contributed by atoms with Gasteiger partial charge in [0.15, 0.2) is 0 Å². The third-order valence-corrected chi connectivity index (χ3v) is 3.61. The van der Waals surface area contributed by atoms with Crippen LogP contribution in [0.1, 0.15) is 36.9 Å². The fourth-order valence-electron chi connectivity index (χ4n) is 2.46. The van der Waals surface area contributed by atoms with E-state index >= 15 is 0 Å². The largest absolute Gasteiger partial charge is 0.396 e. The Morgan fingerprint density at radius 1 is 1.38 bits per heavy atom. The minimum Gasteiger partial charge on any atom is -0.396 e. The Bertz CT molecular complexity index is 570. The first-order chi connectivity index (χ1) is 10.1. The van der Waals surface area contributed by atoms with E-state index < -0.39 is 0 Å². The summed E-state index contributed by atoms with van der Waals surface area (Å²) in [6.45, 7) is 2.20. The summed E-state index contributed by atoms with van der Waals surface area (Å²) in [5.41, 5.74) is 1.85. The summed E-state index contributed by atoms with van der Waals surface area (Å²) >= 11 is 0. The van der Waals surface area contributed by atoms with Crippen LogP contribution in [0.5, 0.6) is 0 Å². The molecule has 1 heterocycles. The van der Waals surface area contributed by atoms with Crippen molar-refractivity contribution in [3.63, 3.8) is 0 Å². The molecule has 0 saturated carbocycles. The van der Waals surface area contributed by atoms with Crippen molar-refractivity contribution in [2.45, 2.75) is 31.8 Å². The molecule has 1 aromatic carbocycles. The quantitative estimate of drug-likeness (QED) is 0.823. The van der Waals surface area contributed by atoms with Crippen LogP contribution < -0.4 is 5.32 Å². The van der Waals surface area contributed by atoms with Gasteiger partial charge in [-0.05, 0) is 30.5 Å². The normalized spacial score (nSPS) is 14.1. The molecular formula is C16H22FN3O. The van der Waals surface area contributed by atoms with Crippen LogP contribution in [-0.4, -0.2) is 27.5 Å². The van der Waals surface area contributed by atoms with E-state index in [9.17, 15) is 4.39 Å². The maximum atomic E-state index is 13.5. The van der Waals surface area contributed by atoms with Gasteiger partial charge in [-0.25, -0.2) is 4.39 Å². The third-order valence-electron chi connectivity index (χ3n) is 3.61. The van der Waals surface area contributed by atoms with Crippen molar-refractivity contribution in [3.8, 4) is 0 Å². The highest BCUT2D eigenvalue weighted by Gasteiger charge is 2.19. The average Bonchev–Trinajstić information content (AvgIpc) is 2.89. The Morgan fingerprint density at radius 2 is 2.19 bits per heavy atom. The Labute approximate surface area is 124 Å². The lowest BCUT2D eigenvalue weighted by Crippen LogP contribution is -2.33. The van der Waals surface area contributed by atoms with Crippen molar-refractivity contribution in [1.29, 1.82) is 0 Å². The van der Waals surface area contributed by atoms with Crippen molar-refractivity contribution < 1.29 is 9.50 Å². The van der Waals surface area contributed by atoms with Crippen LogP contribution in [0.3, 0.4) is 0 Å². The van der Waals surface area contributed by atoms with E-state index in [0.29, 0.717) is 6.42 Å². The first kappa shape index (κ1) is 15.7. The summed E-state index contributed by atoms with van der Waals surface area (Å²) in [6, 6.07) is 6.63. The van der Waals surface area contributed by atoms with Gasteiger partial charge in [-0.1, -0.05) is 19.1 Å². The molecule has 0 spiro atoms. The van der Waals surface area contributed by atoms with Gasteiger partial charge in [-0.2, -0.15) is 5.10 Å². The topological polar surface area (TPSA) is 50.1 Å². The van der Waals surface area contributed by atoms with Crippen LogP contribution in [-0.2, 0) is 7.05 Å². The molecule has 0 aliphatic rings. The van der Waals surface area contributed by atoms with Crippen LogP contribution in [0, 0.1) is 5.82 Å². The molecule has 114 valence electrons. The van der Waals surface area contributed by atoms with Gasteiger partial charge < -0.3 is 10.4 Å². The SMILES string of the molecule is CCC(CCO)NC(c1cccc(F)c1)c1cnn(C)c1. The number of hydrogen-bond donors (Lipinski definition) is 2. The molecule has 2 atom stereocenters. The Morgan fingerprint density at radius 3 is 2.76 bits per heavy atom. The molecule has 2 rings (SSSR count). The van der Waals surface area contributed by atoms with E-state index in [2.05, 4.69) is 17.3 Å². The van der Waals surface area contributed by atoms with Crippen LogP contribution in [0.25, 0.3) is 0 Å². The summed E-state index contributed by atoms with van der Waals surface area (Å²) in [6.07, 6.45) is 5.28. The molecule has 21 heavy (non-hydrogen) atoms. The predicted octanol–water partition coefficient (Wildman–Crippen LogP) is 2.40. The molecule has 2 N–H and O–H groups in total. The smallest absolute Gasteiger partial charge is 0.123 e. The van der Waals surface area contributed by atoms with E-state index in [1.807, 2.05) is 19.3 Å². The second-order valence-corrected chi connectivity index (χ2v) is 5.22. The first-order valence-corrected chi connectivity index (χ1v) is 7.25. The lowest BCUT2D eigenvalue weighted by atomic mass is 9.99. The fraction of sp³-hybridized carbons (Fsp3) is 0.438. The van der Waals surface area contributed by atoms with E-state index in [0.717, 1.165) is 17.5 Å². The molecule has 0 aliphatic carbocycles. The van der Waals surface area contributed by atoms with Crippen molar-refractivity contribution in [2.75, 3.05) is 6.61 Å². The maximum Gasteiger partial charge on any atom is 0.123 e. The van der Waals surface area contributed by atoms with Crippen molar-refractivity contribution in [2.24, 2.45) is 7.05 Å². The zero-order valence-corrected chi connectivity index (χ0v) is 12.5. The van der Waals surface area contributed by atoms with E-state index in [1.54, 1.807) is 16.9 Å². The zero-order valence-electron chi connectivity index (χ0n) is 12.5. The average molecular weight is 291 g/mol. The standard InChI is InChI=1S/C16H22FN3O/c1-3-15(7-8-21)19-16(13-10-18-20(2)11-13)12-5-4-6-14(17)9-12/h4-6,9-11,15-16,19,21H,3,7-8H2,1-2H3. The summed E-state index contributed by atoms with van der Waals surface area (Å²) < 4.78 is 15.3. The monoisotopic (exact) mass is 291 g/mol. The molecule has 1 aromatic heterocycles. The lowest BCUT2D eigenvalue weighted by Gasteiger charge is -2.24. The van der Waals surface area contributed by atoms with Gasteiger partial charge in [-0.3, -0.25) is 4.68 Å². The zero-order chi connectivity index (χ0) is 15.2. The minimum absolute atomic E-state index is 0.133. The summed E-state index contributed by atoms with van der Waals surface area (Å²) in [5.74, 6) is -0.251. The van der Waals surface area contributed by atoms with Crippen LogP contribution in [0.4, 0.5) is 4.39 Å². The van der Waals surface area contributed by atoms with Gasteiger partial charge in [0.2, 0.25) is 0 Å². The lowest BCUT2D eigenvalue weighted by molar-refractivity contribution is 0.258. The molecule has 0 aliphatic heterocycles. The molecule has 2 unspecified atom stereocenters. The van der Waals surface area contributed by atoms with Gasteiger partial charge in [0.25, 0.3) is 0 Å². The summed E-state index contributed by atoms with van der Waals surface area (Å²) in [7, 11) is 1.86.